The zero-order valence-corrected chi connectivity index (χ0v) is 10.6. The molecular weight excluding hydrogens is 156 g/mol. The van der Waals surface area contributed by atoms with Crippen LogP contribution in [0.2, 0.25) is 0 Å². The highest BCUT2D eigenvalue weighted by Gasteiger charge is 2.25. The van der Waals surface area contributed by atoms with Gasteiger partial charge in [-0.25, -0.2) is 0 Å². The first-order chi connectivity index (χ1) is 5.79. The second-order valence-electron chi connectivity index (χ2n) is 5.88. The van der Waals surface area contributed by atoms with Crippen molar-refractivity contribution in [3.63, 3.8) is 0 Å². The number of rotatable bonds is 4. The molecule has 0 rings (SSSR count). The van der Waals surface area contributed by atoms with Crippen LogP contribution >= 0.6 is 0 Å². The molecule has 80 valence electrons. The molecule has 0 aromatic carbocycles. The SMILES string of the molecule is CCC(C)CC(C)C(C)C(C)(C)C. The van der Waals surface area contributed by atoms with E-state index in [0.717, 1.165) is 17.8 Å². The lowest BCUT2D eigenvalue weighted by atomic mass is 9.72. The standard InChI is InChI=1S/C13H28/c1-8-10(2)9-11(3)12(4)13(5,6)7/h10-12H,8-9H2,1-7H3. The van der Waals surface area contributed by atoms with Gasteiger partial charge in [0.15, 0.2) is 0 Å². The van der Waals surface area contributed by atoms with Crippen LogP contribution < -0.4 is 0 Å². The minimum Gasteiger partial charge on any atom is -0.0651 e. The molecular formula is C13H28. The molecule has 0 heterocycles. The van der Waals surface area contributed by atoms with Gasteiger partial charge in [-0.1, -0.05) is 54.9 Å². The Kier molecular flexibility index (Phi) is 5.02. The Morgan fingerprint density at radius 3 is 1.77 bits per heavy atom. The van der Waals surface area contributed by atoms with Gasteiger partial charge in [0.25, 0.3) is 0 Å². The molecule has 3 atom stereocenters. The highest BCUT2D eigenvalue weighted by molar-refractivity contribution is 4.75. The summed E-state index contributed by atoms with van der Waals surface area (Å²) in [6.45, 7) is 16.5. The van der Waals surface area contributed by atoms with E-state index in [1.54, 1.807) is 0 Å². The third-order valence-corrected chi connectivity index (χ3v) is 3.69. The van der Waals surface area contributed by atoms with Crippen molar-refractivity contribution in [2.45, 2.75) is 61.3 Å². The fraction of sp³-hybridized carbons (Fsp3) is 1.00. The maximum Gasteiger partial charge on any atom is -0.0354 e. The summed E-state index contributed by atoms with van der Waals surface area (Å²) in [5.41, 5.74) is 0.465. The number of hydrogen-bond acceptors (Lipinski definition) is 0. The Balaban J connectivity index is 4.03. The molecule has 0 aliphatic heterocycles. The molecule has 3 unspecified atom stereocenters. The van der Waals surface area contributed by atoms with E-state index in [0.29, 0.717) is 5.41 Å². The van der Waals surface area contributed by atoms with Gasteiger partial charge in [0.2, 0.25) is 0 Å². The molecule has 0 bridgehead atoms. The predicted molar refractivity (Wildman–Crippen MR) is 61.9 cm³/mol. The summed E-state index contributed by atoms with van der Waals surface area (Å²) in [5, 5.41) is 0. The second kappa shape index (κ2) is 5.02. The third-order valence-electron chi connectivity index (χ3n) is 3.69. The maximum atomic E-state index is 2.40. The van der Waals surface area contributed by atoms with Crippen LogP contribution in [0.4, 0.5) is 0 Å². The molecule has 0 saturated carbocycles. The van der Waals surface area contributed by atoms with Crippen molar-refractivity contribution in [2.24, 2.45) is 23.2 Å². The van der Waals surface area contributed by atoms with Crippen LogP contribution in [0.3, 0.4) is 0 Å². The van der Waals surface area contributed by atoms with Crippen LogP contribution in [0.15, 0.2) is 0 Å². The lowest BCUT2D eigenvalue weighted by Gasteiger charge is -2.33. The van der Waals surface area contributed by atoms with Gasteiger partial charge in [-0.2, -0.15) is 0 Å². The van der Waals surface area contributed by atoms with Crippen molar-refractivity contribution in [1.82, 2.24) is 0 Å². The smallest absolute Gasteiger partial charge is 0.0354 e. The Hall–Kier alpha value is 0. The molecule has 0 aromatic heterocycles. The highest BCUT2D eigenvalue weighted by atomic mass is 14.3. The van der Waals surface area contributed by atoms with Gasteiger partial charge in [-0.3, -0.25) is 0 Å². The average Bonchev–Trinajstić information content (AvgIpc) is 2.01. The van der Waals surface area contributed by atoms with Gasteiger partial charge in [0.05, 0.1) is 0 Å². The molecule has 0 fully saturated rings. The summed E-state index contributed by atoms with van der Waals surface area (Å²) >= 11 is 0. The minimum absolute atomic E-state index is 0.465. The van der Waals surface area contributed by atoms with Gasteiger partial charge in [-0.05, 0) is 29.6 Å². The zero-order valence-electron chi connectivity index (χ0n) is 10.6. The van der Waals surface area contributed by atoms with E-state index >= 15 is 0 Å². The van der Waals surface area contributed by atoms with Gasteiger partial charge >= 0.3 is 0 Å². The maximum absolute atomic E-state index is 2.40. The largest absolute Gasteiger partial charge is 0.0651 e. The van der Waals surface area contributed by atoms with E-state index in [-0.39, 0.29) is 0 Å². The molecule has 0 aromatic rings. The summed E-state index contributed by atoms with van der Waals surface area (Å²) in [6, 6.07) is 0. The van der Waals surface area contributed by atoms with Gasteiger partial charge < -0.3 is 0 Å². The summed E-state index contributed by atoms with van der Waals surface area (Å²) < 4.78 is 0. The first-order valence-corrected chi connectivity index (χ1v) is 5.79. The number of hydrogen-bond donors (Lipinski definition) is 0. The summed E-state index contributed by atoms with van der Waals surface area (Å²) in [6.07, 6.45) is 2.70. The first-order valence-electron chi connectivity index (χ1n) is 5.79. The monoisotopic (exact) mass is 184 g/mol. The molecule has 0 aliphatic carbocycles. The van der Waals surface area contributed by atoms with E-state index in [1.165, 1.54) is 12.8 Å². The van der Waals surface area contributed by atoms with Crippen molar-refractivity contribution in [3.05, 3.63) is 0 Å². The molecule has 0 N–H and O–H groups in total. The van der Waals surface area contributed by atoms with Gasteiger partial charge in [-0.15, -0.1) is 0 Å². The Labute approximate surface area is 85.1 Å². The first kappa shape index (κ1) is 13.0. The average molecular weight is 184 g/mol. The minimum atomic E-state index is 0.465. The third kappa shape index (κ3) is 4.69. The van der Waals surface area contributed by atoms with Crippen molar-refractivity contribution in [3.8, 4) is 0 Å². The molecule has 0 amide bonds. The molecule has 0 saturated heterocycles. The topological polar surface area (TPSA) is 0 Å². The van der Waals surface area contributed by atoms with Gasteiger partial charge in [0.1, 0.15) is 0 Å². The summed E-state index contributed by atoms with van der Waals surface area (Å²) in [4.78, 5) is 0. The van der Waals surface area contributed by atoms with E-state index in [1.807, 2.05) is 0 Å². The van der Waals surface area contributed by atoms with E-state index in [9.17, 15) is 0 Å². The van der Waals surface area contributed by atoms with Crippen LogP contribution in [0.1, 0.15) is 61.3 Å². The van der Waals surface area contributed by atoms with Crippen LogP contribution in [0.5, 0.6) is 0 Å². The van der Waals surface area contributed by atoms with Crippen molar-refractivity contribution < 1.29 is 0 Å². The molecule has 0 nitrogen and oxygen atoms in total. The van der Waals surface area contributed by atoms with Crippen molar-refractivity contribution in [2.75, 3.05) is 0 Å². The van der Waals surface area contributed by atoms with E-state index in [4.69, 9.17) is 0 Å². The van der Waals surface area contributed by atoms with E-state index in [2.05, 4.69) is 48.5 Å². The molecule has 0 heteroatoms. The quantitative estimate of drug-likeness (QED) is 0.592. The van der Waals surface area contributed by atoms with E-state index < -0.39 is 0 Å². The zero-order chi connectivity index (χ0) is 10.6. The lowest BCUT2D eigenvalue weighted by molar-refractivity contribution is 0.166. The highest BCUT2D eigenvalue weighted by Crippen LogP contribution is 2.34. The van der Waals surface area contributed by atoms with Crippen molar-refractivity contribution in [1.29, 1.82) is 0 Å². The molecule has 0 radical (unpaired) electrons. The molecule has 0 aliphatic rings. The lowest BCUT2D eigenvalue weighted by Crippen LogP contribution is -2.25. The van der Waals surface area contributed by atoms with Gasteiger partial charge in [0, 0.05) is 0 Å². The Bertz CT molecular complexity index is 129. The molecule has 0 spiro atoms. The summed E-state index contributed by atoms with van der Waals surface area (Å²) in [7, 11) is 0. The molecule has 13 heavy (non-hydrogen) atoms. The van der Waals surface area contributed by atoms with Crippen molar-refractivity contribution >= 4 is 0 Å². The summed E-state index contributed by atoms with van der Waals surface area (Å²) in [5.74, 6) is 2.57. The Morgan fingerprint density at radius 2 is 1.46 bits per heavy atom. The van der Waals surface area contributed by atoms with Crippen LogP contribution in [-0.2, 0) is 0 Å². The van der Waals surface area contributed by atoms with Crippen LogP contribution in [0.25, 0.3) is 0 Å². The second-order valence-corrected chi connectivity index (χ2v) is 5.88. The Morgan fingerprint density at radius 1 is 1.00 bits per heavy atom. The normalized spacial score (nSPS) is 19.6. The van der Waals surface area contributed by atoms with Crippen LogP contribution in [0, 0.1) is 23.2 Å². The van der Waals surface area contributed by atoms with Crippen LogP contribution in [-0.4, -0.2) is 0 Å². The fourth-order valence-electron chi connectivity index (χ4n) is 1.86. The predicted octanol–water partition coefficient (Wildman–Crippen LogP) is 4.74. The fourth-order valence-corrected chi connectivity index (χ4v) is 1.86.